The van der Waals surface area contributed by atoms with Gasteiger partial charge in [0.05, 0.1) is 40.1 Å². The average molecular weight is 844 g/mol. The molecule has 6 N–H and O–H groups in total. The first-order valence-electron chi connectivity index (χ1n) is 18.0. The van der Waals surface area contributed by atoms with Gasteiger partial charge in [-0.2, -0.15) is 0 Å². The van der Waals surface area contributed by atoms with Gasteiger partial charge in [-0.3, -0.25) is 9.59 Å². The Balaban J connectivity index is 0.881. The molecule has 1 aliphatic heterocycles. The maximum Gasteiger partial charge on any atom is 0.267 e. The van der Waals surface area contributed by atoms with Crippen molar-refractivity contribution in [3.05, 3.63) is 104 Å². The summed E-state index contributed by atoms with van der Waals surface area (Å²) in [7, 11) is 0. The first kappa shape index (κ1) is 38.4. The van der Waals surface area contributed by atoms with Gasteiger partial charge < -0.3 is 36.6 Å². The number of carbonyl (C=O) groups excluding carboxylic acids is 2. The Bertz CT molecular complexity index is 2440. The minimum absolute atomic E-state index is 0.0102. The van der Waals surface area contributed by atoms with Crippen molar-refractivity contribution in [3.8, 4) is 0 Å². The number of amides is 2. The minimum atomic E-state index is -0.398. The molecule has 2 fully saturated rings. The normalized spacial score (nSPS) is 17.3. The molecule has 0 spiro atoms. The highest BCUT2D eigenvalue weighted by molar-refractivity contribution is 7.17. The number of anilines is 8. The van der Waals surface area contributed by atoms with Gasteiger partial charge in [0.15, 0.2) is 33.5 Å². The molecule has 15 nitrogen and oxygen atoms in total. The van der Waals surface area contributed by atoms with E-state index in [1.54, 1.807) is 37.1 Å². The molecule has 1 saturated heterocycles. The number of benzene rings is 2. The van der Waals surface area contributed by atoms with Gasteiger partial charge in [0.25, 0.3) is 5.91 Å². The molecule has 1 aliphatic carbocycles. The Morgan fingerprint density at radius 2 is 1.56 bits per heavy atom. The van der Waals surface area contributed by atoms with Gasteiger partial charge >= 0.3 is 0 Å². The number of aromatic nitrogens is 6. The second-order valence-corrected chi connectivity index (χ2v) is 16.6. The van der Waals surface area contributed by atoms with Gasteiger partial charge in [0.2, 0.25) is 5.91 Å². The third kappa shape index (κ3) is 8.77. The fourth-order valence-corrected chi connectivity index (χ4v) is 8.70. The number of aliphatic hydroxyl groups excluding tert-OH is 1. The van der Waals surface area contributed by atoms with Crippen LogP contribution in [0.4, 0.5) is 44.9 Å². The molecule has 19 heteroatoms. The average Bonchev–Trinajstić information content (AvgIpc) is 3.50. The van der Waals surface area contributed by atoms with Crippen LogP contribution in [-0.2, 0) is 11.2 Å². The van der Waals surface area contributed by atoms with Gasteiger partial charge in [0.1, 0.15) is 4.88 Å². The standard InChI is InChI=1S/C38H36Cl2N12O3S2/c1-19-4-3-5-25(39)30(19)49-36(55)27-17-46-38(57-27)50-33-32(41-9-10-42-33)47-26-15-24(26)23-7-6-20(2)31(29(23)40)48-28(54)14-22-16-45-37(56-22)51-34-35(44-12-11-43-34)52-13-8-21(53)18-52/h3-7,9-12,16-17,21,24,26,53H,8,13-15,18H2,1-2H3,(H,41,47)(H,48,54)(H,49,55)(H,42,46,50)(H,43,45,51). The van der Waals surface area contributed by atoms with Gasteiger partial charge in [-0.05, 0) is 49.4 Å². The number of hydrogen-bond acceptors (Lipinski definition) is 15. The number of β-amino-alcohol motifs (C(OH)–C–C–N with tert-alkyl or cyclic N) is 1. The van der Waals surface area contributed by atoms with Crippen molar-refractivity contribution in [2.45, 2.75) is 51.2 Å². The van der Waals surface area contributed by atoms with Crippen LogP contribution in [0.15, 0.2) is 67.5 Å². The van der Waals surface area contributed by atoms with Crippen LogP contribution in [0.2, 0.25) is 10.0 Å². The van der Waals surface area contributed by atoms with Crippen molar-refractivity contribution < 1.29 is 14.7 Å². The molecular formula is C38H36Cl2N12O3S2. The van der Waals surface area contributed by atoms with E-state index in [1.807, 2.05) is 43.0 Å². The van der Waals surface area contributed by atoms with Crippen LogP contribution < -0.4 is 31.5 Å². The third-order valence-corrected chi connectivity index (χ3v) is 12.1. The molecule has 2 amide bonds. The van der Waals surface area contributed by atoms with Crippen LogP contribution in [0, 0.1) is 13.8 Å². The highest BCUT2D eigenvalue weighted by Crippen LogP contribution is 2.48. The molecule has 5 heterocycles. The molecule has 0 radical (unpaired) electrons. The van der Waals surface area contributed by atoms with Crippen molar-refractivity contribution in [1.29, 1.82) is 0 Å². The van der Waals surface area contributed by atoms with Crippen molar-refractivity contribution in [2.24, 2.45) is 0 Å². The smallest absolute Gasteiger partial charge is 0.267 e. The van der Waals surface area contributed by atoms with Crippen LogP contribution in [0.1, 0.15) is 50.0 Å². The molecule has 2 aromatic carbocycles. The van der Waals surface area contributed by atoms with E-state index in [0.717, 1.165) is 28.0 Å². The lowest BCUT2D eigenvalue weighted by Crippen LogP contribution is -2.23. The van der Waals surface area contributed by atoms with Crippen molar-refractivity contribution >= 4 is 103 Å². The van der Waals surface area contributed by atoms with Crippen molar-refractivity contribution in [2.75, 3.05) is 44.6 Å². The fraction of sp³-hybridized carbons (Fsp3) is 0.263. The fourth-order valence-electron chi connectivity index (χ4n) is 6.52. The molecule has 0 bridgehead atoms. The summed E-state index contributed by atoms with van der Waals surface area (Å²) >= 11 is 15.8. The molecular weight excluding hydrogens is 808 g/mol. The summed E-state index contributed by atoms with van der Waals surface area (Å²) in [6.07, 6.45) is 10.7. The predicted molar refractivity (Wildman–Crippen MR) is 225 cm³/mol. The Labute approximate surface area is 345 Å². The molecule has 4 aromatic heterocycles. The molecule has 6 aromatic rings. The lowest BCUT2D eigenvalue weighted by Gasteiger charge is -2.18. The topological polar surface area (TPSA) is 195 Å². The summed E-state index contributed by atoms with van der Waals surface area (Å²) in [4.78, 5) is 56.2. The summed E-state index contributed by atoms with van der Waals surface area (Å²) in [5.74, 6) is 1.69. The summed E-state index contributed by atoms with van der Waals surface area (Å²) in [6, 6.07) is 9.38. The number of carbonyl (C=O) groups is 2. The number of thiazole rings is 2. The number of nitrogens with zero attached hydrogens (tertiary/aromatic N) is 7. The number of para-hydroxylation sites is 1. The summed E-state index contributed by atoms with van der Waals surface area (Å²) in [6.45, 7) is 4.95. The zero-order chi connectivity index (χ0) is 39.6. The van der Waals surface area contributed by atoms with Gasteiger partial charge in [-0.1, -0.05) is 58.8 Å². The predicted octanol–water partition coefficient (Wildman–Crippen LogP) is 7.56. The summed E-state index contributed by atoms with van der Waals surface area (Å²) in [5, 5.41) is 27.8. The van der Waals surface area contributed by atoms with E-state index in [2.05, 4.69) is 56.5 Å². The van der Waals surface area contributed by atoms with E-state index < -0.39 is 6.10 Å². The van der Waals surface area contributed by atoms with Crippen LogP contribution in [0.3, 0.4) is 0 Å². The first-order chi connectivity index (χ1) is 27.6. The summed E-state index contributed by atoms with van der Waals surface area (Å²) in [5.41, 5.74) is 3.73. The van der Waals surface area contributed by atoms with Crippen LogP contribution in [0.5, 0.6) is 0 Å². The number of halogens is 2. The maximum absolute atomic E-state index is 13.3. The van der Waals surface area contributed by atoms with Crippen molar-refractivity contribution in [3.63, 3.8) is 0 Å². The number of nitrogens with one attached hydrogen (secondary N) is 5. The second kappa shape index (κ2) is 16.6. The molecule has 292 valence electrons. The summed E-state index contributed by atoms with van der Waals surface area (Å²) < 4.78 is 0. The van der Waals surface area contributed by atoms with Crippen LogP contribution in [-0.4, -0.2) is 72.1 Å². The van der Waals surface area contributed by atoms with E-state index in [0.29, 0.717) is 79.3 Å². The van der Waals surface area contributed by atoms with E-state index in [-0.39, 0.29) is 30.2 Å². The van der Waals surface area contributed by atoms with E-state index in [4.69, 9.17) is 23.2 Å². The monoisotopic (exact) mass is 842 g/mol. The quantitative estimate of drug-likeness (QED) is 0.0667. The molecule has 1 saturated carbocycles. The van der Waals surface area contributed by atoms with E-state index >= 15 is 0 Å². The largest absolute Gasteiger partial charge is 0.391 e. The van der Waals surface area contributed by atoms with Gasteiger partial charge in [-0.15, -0.1) is 11.3 Å². The number of aryl methyl sites for hydroxylation is 2. The first-order valence-corrected chi connectivity index (χ1v) is 20.4. The third-order valence-electron chi connectivity index (χ3n) is 9.53. The Morgan fingerprint density at radius 1 is 0.842 bits per heavy atom. The number of rotatable bonds is 13. The highest BCUT2D eigenvalue weighted by Gasteiger charge is 2.41. The van der Waals surface area contributed by atoms with Crippen LogP contribution in [0.25, 0.3) is 0 Å². The second-order valence-electron chi connectivity index (χ2n) is 13.6. The number of aliphatic hydroxyl groups is 1. The Hall–Kier alpha value is -5.46. The van der Waals surface area contributed by atoms with Crippen LogP contribution >= 0.6 is 45.9 Å². The Kier molecular flexibility index (Phi) is 11.2. The zero-order valence-electron chi connectivity index (χ0n) is 30.6. The molecule has 2 aliphatic rings. The van der Waals surface area contributed by atoms with E-state index in [9.17, 15) is 14.7 Å². The maximum atomic E-state index is 13.3. The zero-order valence-corrected chi connectivity index (χ0v) is 33.7. The molecule has 8 rings (SSSR count). The molecule has 3 atom stereocenters. The molecule has 3 unspecified atom stereocenters. The highest BCUT2D eigenvalue weighted by atomic mass is 35.5. The Morgan fingerprint density at radius 3 is 2.35 bits per heavy atom. The lowest BCUT2D eigenvalue weighted by molar-refractivity contribution is -0.115. The minimum Gasteiger partial charge on any atom is -0.391 e. The number of hydrogen-bond donors (Lipinski definition) is 6. The van der Waals surface area contributed by atoms with Crippen molar-refractivity contribution in [1.82, 2.24) is 29.9 Å². The van der Waals surface area contributed by atoms with E-state index in [1.165, 1.54) is 28.9 Å². The SMILES string of the molecule is Cc1cccc(Cl)c1NC(=O)c1cnc(Nc2nccnc2NC2CC2c2ccc(C)c(NC(=O)Cc3cnc(Nc4nccnc4N4CCC(O)C4)s3)c2Cl)s1. The van der Waals surface area contributed by atoms with Gasteiger partial charge in [0, 0.05) is 60.9 Å². The lowest BCUT2D eigenvalue weighted by atomic mass is 10.1. The molecule has 57 heavy (non-hydrogen) atoms. The van der Waals surface area contributed by atoms with Gasteiger partial charge in [-0.25, -0.2) is 29.9 Å².